The number of para-hydroxylation sites is 1. The van der Waals surface area contributed by atoms with Gasteiger partial charge in [0.15, 0.2) is 23.0 Å². The molecule has 0 saturated heterocycles. The van der Waals surface area contributed by atoms with Gasteiger partial charge in [0, 0.05) is 37.3 Å². The lowest BCUT2D eigenvalue weighted by Gasteiger charge is -2.12. The number of carbonyl (C=O) groups is 1. The third-order valence-corrected chi connectivity index (χ3v) is 6.91. The van der Waals surface area contributed by atoms with Crippen molar-refractivity contribution in [3.8, 4) is 23.0 Å². The number of amides is 1. The molecule has 0 fully saturated rings. The van der Waals surface area contributed by atoms with Crippen molar-refractivity contribution in [1.29, 1.82) is 0 Å². The zero-order valence-corrected chi connectivity index (χ0v) is 25.1. The van der Waals surface area contributed by atoms with Crippen molar-refractivity contribution in [2.45, 2.75) is 13.1 Å². The lowest BCUT2D eigenvalue weighted by atomic mass is 10.2. The van der Waals surface area contributed by atoms with Crippen LogP contribution in [0.15, 0.2) is 66.7 Å². The summed E-state index contributed by atoms with van der Waals surface area (Å²) in [7, 11) is 0. The maximum Gasteiger partial charge on any atom is 0.251 e. The second kappa shape index (κ2) is 15.6. The lowest BCUT2D eigenvalue weighted by molar-refractivity contribution is 0.0519. The molecule has 0 radical (unpaired) electrons. The Morgan fingerprint density at radius 3 is 2.17 bits per heavy atom. The van der Waals surface area contributed by atoms with Gasteiger partial charge in [0.25, 0.3) is 5.91 Å². The van der Waals surface area contributed by atoms with Crippen molar-refractivity contribution in [2.24, 2.45) is 0 Å². The van der Waals surface area contributed by atoms with E-state index in [0.717, 1.165) is 16.9 Å². The molecule has 1 amide bonds. The first-order chi connectivity index (χ1) is 22.7. The Kier molecular flexibility index (Phi) is 10.4. The van der Waals surface area contributed by atoms with Crippen LogP contribution in [0.1, 0.15) is 21.5 Å². The minimum atomic E-state index is -0.123. The van der Waals surface area contributed by atoms with E-state index in [2.05, 4.69) is 36.2 Å². The minimum Gasteiger partial charge on any atom is -0.454 e. The normalized spacial score (nSPS) is 12.5. The smallest absolute Gasteiger partial charge is 0.251 e. The van der Waals surface area contributed by atoms with Gasteiger partial charge >= 0.3 is 0 Å². The SMILES string of the molecule is O=C(NCCOCCOCCNc1nc(NCc2ccc3c(c2)OCO3)nc(NCc2cccc3c2OCO3)n1)c1ccccc1. The Balaban J connectivity index is 0.964. The van der Waals surface area contributed by atoms with E-state index in [0.29, 0.717) is 93.3 Å². The molecule has 0 spiro atoms. The highest BCUT2D eigenvalue weighted by Gasteiger charge is 2.18. The summed E-state index contributed by atoms with van der Waals surface area (Å²) in [5, 5.41) is 12.6. The van der Waals surface area contributed by atoms with Crippen LogP contribution in [0.25, 0.3) is 0 Å². The molecule has 46 heavy (non-hydrogen) atoms. The topological polar surface area (TPSA) is 159 Å². The number of carbonyl (C=O) groups excluding carboxylic acids is 1. The fourth-order valence-electron chi connectivity index (χ4n) is 4.63. The molecule has 2 aliphatic rings. The van der Waals surface area contributed by atoms with Gasteiger partial charge in [0.1, 0.15) is 0 Å². The van der Waals surface area contributed by atoms with E-state index < -0.39 is 0 Å². The fraction of sp³-hybridized carbons (Fsp3) is 0.312. The highest BCUT2D eigenvalue weighted by atomic mass is 16.7. The number of hydrogen-bond donors (Lipinski definition) is 4. The molecule has 4 N–H and O–H groups in total. The third kappa shape index (κ3) is 8.43. The molecule has 1 aromatic heterocycles. The van der Waals surface area contributed by atoms with Gasteiger partial charge in [-0.15, -0.1) is 0 Å². The molecule has 6 rings (SSSR count). The summed E-state index contributed by atoms with van der Waals surface area (Å²) in [6.07, 6.45) is 0. The summed E-state index contributed by atoms with van der Waals surface area (Å²) in [5.74, 6) is 3.90. The molecular formula is C32H35N7O7. The molecule has 0 atom stereocenters. The number of aromatic nitrogens is 3. The van der Waals surface area contributed by atoms with E-state index in [9.17, 15) is 4.79 Å². The monoisotopic (exact) mass is 629 g/mol. The van der Waals surface area contributed by atoms with Crippen LogP contribution in [-0.4, -0.2) is 74.0 Å². The van der Waals surface area contributed by atoms with Crippen molar-refractivity contribution in [2.75, 3.05) is 69.1 Å². The standard InChI is InChI=1S/C32H35N7O7/c40-29(23-5-2-1-3-6-23)33-11-13-41-15-16-42-14-12-34-30-37-31(35-18-22-9-10-25-27(17-22)45-20-43-25)39-32(38-30)36-19-24-7-4-8-26-28(24)46-21-44-26/h1-10,17H,11-16,18-21H2,(H,33,40)(H3,34,35,36,37,38,39). The molecule has 4 aromatic rings. The summed E-state index contributed by atoms with van der Waals surface area (Å²) in [5.41, 5.74) is 2.53. The molecule has 0 bridgehead atoms. The number of fused-ring (bicyclic) bond motifs is 2. The molecule has 3 aromatic carbocycles. The molecule has 3 heterocycles. The Hall–Kier alpha value is -5.34. The van der Waals surface area contributed by atoms with E-state index in [1.54, 1.807) is 12.1 Å². The Morgan fingerprint density at radius 2 is 1.35 bits per heavy atom. The first-order valence-corrected chi connectivity index (χ1v) is 14.9. The summed E-state index contributed by atoms with van der Waals surface area (Å²) in [6.45, 7) is 3.83. The van der Waals surface area contributed by atoms with Gasteiger partial charge in [0.2, 0.25) is 31.4 Å². The zero-order chi connectivity index (χ0) is 31.4. The van der Waals surface area contributed by atoms with Gasteiger partial charge in [-0.25, -0.2) is 0 Å². The average molecular weight is 630 g/mol. The molecular weight excluding hydrogens is 594 g/mol. The maximum absolute atomic E-state index is 12.1. The first kappa shape index (κ1) is 30.7. The Bertz CT molecular complexity index is 1610. The van der Waals surface area contributed by atoms with Gasteiger partial charge in [0.05, 0.1) is 26.4 Å². The van der Waals surface area contributed by atoms with Crippen LogP contribution in [0.2, 0.25) is 0 Å². The fourth-order valence-corrected chi connectivity index (χ4v) is 4.63. The van der Waals surface area contributed by atoms with Crippen molar-refractivity contribution in [3.63, 3.8) is 0 Å². The number of ether oxygens (including phenoxy) is 6. The molecule has 2 aliphatic heterocycles. The van der Waals surface area contributed by atoms with Crippen molar-refractivity contribution < 1.29 is 33.2 Å². The zero-order valence-electron chi connectivity index (χ0n) is 25.1. The molecule has 0 saturated carbocycles. The minimum absolute atomic E-state index is 0.123. The molecule has 14 nitrogen and oxygen atoms in total. The van der Waals surface area contributed by atoms with E-state index in [4.69, 9.17) is 28.4 Å². The Labute approximate surface area is 265 Å². The van der Waals surface area contributed by atoms with E-state index in [-0.39, 0.29) is 19.5 Å². The van der Waals surface area contributed by atoms with Crippen molar-refractivity contribution >= 4 is 23.8 Å². The summed E-state index contributed by atoms with van der Waals surface area (Å²) < 4.78 is 33.2. The second-order valence-electron chi connectivity index (χ2n) is 10.1. The third-order valence-electron chi connectivity index (χ3n) is 6.91. The van der Waals surface area contributed by atoms with Crippen LogP contribution in [0, 0.1) is 0 Å². The van der Waals surface area contributed by atoms with Crippen LogP contribution >= 0.6 is 0 Å². The van der Waals surface area contributed by atoms with Crippen molar-refractivity contribution in [3.05, 3.63) is 83.4 Å². The lowest BCUT2D eigenvalue weighted by Crippen LogP contribution is -2.27. The Morgan fingerprint density at radius 1 is 0.652 bits per heavy atom. The summed E-state index contributed by atoms with van der Waals surface area (Å²) in [6, 6.07) is 20.6. The number of anilines is 3. The largest absolute Gasteiger partial charge is 0.454 e. The predicted octanol–water partition coefficient (Wildman–Crippen LogP) is 3.43. The molecule has 0 aliphatic carbocycles. The average Bonchev–Trinajstić information content (AvgIpc) is 3.77. The van der Waals surface area contributed by atoms with Crippen LogP contribution in [0.4, 0.5) is 17.8 Å². The van der Waals surface area contributed by atoms with Crippen LogP contribution in [0.3, 0.4) is 0 Å². The number of nitrogens with zero attached hydrogens (tertiary/aromatic N) is 3. The molecule has 14 heteroatoms. The van der Waals surface area contributed by atoms with E-state index >= 15 is 0 Å². The van der Waals surface area contributed by atoms with Gasteiger partial charge in [-0.2, -0.15) is 15.0 Å². The number of hydrogen-bond acceptors (Lipinski definition) is 13. The first-order valence-electron chi connectivity index (χ1n) is 14.9. The predicted molar refractivity (Wildman–Crippen MR) is 169 cm³/mol. The highest BCUT2D eigenvalue weighted by Crippen LogP contribution is 2.35. The van der Waals surface area contributed by atoms with Crippen LogP contribution < -0.4 is 40.2 Å². The van der Waals surface area contributed by atoms with Gasteiger partial charge in [-0.1, -0.05) is 36.4 Å². The van der Waals surface area contributed by atoms with Crippen LogP contribution in [-0.2, 0) is 22.6 Å². The number of rotatable bonds is 17. The van der Waals surface area contributed by atoms with Crippen LogP contribution in [0.5, 0.6) is 23.0 Å². The highest BCUT2D eigenvalue weighted by molar-refractivity contribution is 5.94. The molecule has 240 valence electrons. The van der Waals surface area contributed by atoms with Gasteiger partial charge in [-0.3, -0.25) is 4.79 Å². The van der Waals surface area contributed by atoms with E-state index in [1.165, 1.54) is 0 Å². The number of nitrogens with one attached hydrogen (secondary N) is 4. The van der Waals surface area contributed by atoms with Gasteiger partial charge < -0.3 is 49.7 Å². The second-order valence-corrected chi connectivity index (χ2v) is 10.1. The quantitative estimate of drug-likeness (QED) is 0.126. The maximum atomic E-state index is 12.1. The number of benzene rings is 3. The van der Waals surface area contributed by atoms with Crippen molar-refractivity contribution in [1.82, 2.24) is 20.3 Å². The summed E-state index contributed by atoms with van der Waals surface area (Å²) in [4.78, 5) is 25.7. The van der Waals surface area contributed by atoms with Gasteiger partial charge in [-0.05, 0) is 35.9 Å². The summed E-state index contributed by atoms with van der Waals surface area (Å²) >= 11 is 0. The van der Waals surface area contributed by atoms with E-state index in [1.807, 2.05) is 54.6 Å². The molecule has 0 unspecified atom stereocenters.